The van der Waals surface area contributed by atoms with Crippen LogP contribution < -0.4 is 27.6 Å². The third-order valence-corrected chi connectivity index (χ3v) is 3.44. The van der Waals surface area contributed by atoms with Crippen LogP contribution in [0.2, 0.25) is 0 Å². The number of nitrogens with zero attached hydrogens (tertiary/aromatic N) is 2. The molecule has 0 saturated heterocycles. The molecule has 13 heteroatoms. The van der Waals surface area contributed by atoms with E-state index in [2.05, 4.69) is 4.98 Å². The van der Waals surface area contributed by atoms with Crippen molar-refractivity contribution in [2.75, 3.05) is 23.7 Å². The standard InChI is InChI=1S/C14H25N5O3.C2HF3O2/c1-4-5-6-19-12(16)11(13(21)17-14(19)22)18(7-9(2)3)8-10(15)20;3-2(4,5)1(6)7/h9H,4-8,16H2,1-3H3,(H2,15,20)(H,17,21,22);(H,6,7). The quantitative estimate of drug-likeness (QED) is 0.471. The number of anilines is 2. The largest absolute Gasteiger partial charge is 0.490 e. The van der Waals surface area contributed by atoms with Crippen molar-refractivity contribution < 1.29 is 27.9 Å². The Balaban J connectivity index is 0.000000956. The number of rotatable bonds is 8. The maximum atomic E-state index is 12.1. The number of nitrogens with two attached hydrogens (primary N) is 2. The lowest BCUT2D eigenvalue weighted by atomic mass is 10.2. The minimum atomic E-state index is -5.08. The predicted molar refractivity (Wildman–Crippen MR) is 101 cm³/mol. The monoisotopic (exact) mass is 425 g/mol. The molecule has 0 aliphatic rings. The molecule has 1 amide bonds. The van der Waals surface area contributed by atoms with E-state index in [1.165, 1.54) is 9.47 Å². The van der Waals surface area contributed by atoms with Gasteiger partial charge in [0.2, 0.25) is 5.91 Å². The number of alkyl halides is 3. The summed E-state index contributed by atoms with van der Waals surface area (Å²) in [5, 5.41) is 7.12. The molecule has 29 heavy (non-hydrogen) atoms. The Hall–Kier alpha value is -2.99. The topological polar surface area (TPSA) is 165 Å². The van der Waals surface area contributed by atoms with Gasteiger partial charge in [0.1, 0.15) is 11.5 Å². The minimum Gasteiger partial charge on any atom is -0.475 e. The van der Waals surface area contributed by atoms with Crippen LogP contribution in [0.15, 0.2) is 9.59 Å². The van der Waals surface area contributed by atoms with Crippen molar-refractivity contribution in [2.45, 2.75) is 46.3 Å². The van der Waals surface area contributed by atoms with E-state index in [4.69, 9.17) is 21.4 Å². The van der Waals surface area contributed by atoms with Crippen LogP contribution >= 0.6 is 0 Å². The number of carbonyl (C=O) groups excluding carboxylic acids is 1. The van der Waals surface area contributed by atoms with Crippen molar-refractivity contribution in [3.63, 3.8) is 0 Å². The average molecular weight is 425 g/mol. The second-order valence-electron chi connectivity index (χ2n) is 6.54. The Labute approximate surface area is 164 Å². The molecule has 0 atom stereocenters. The van der Waals surface area contributed by atoms with Crippen LogP contribution in [0.5, 0.6) is 0 Å². The fourth-order valence-electron chi connectivity index (χ4n) is 2.28. The second-order valence-corrected chi connectivity index (χ2v) is 6.54. The molecule has 1 aromatic rings. The number of aromatic amines is 1. The Morgan fingerprint density at radius 1 is 1.28 bits per heavy atom. The fourth-order valence-corrected chi connectivity index (χ4v) is 2.28. The SMILES string of the molecule is CCCCn1c(N)c(N(CC(N)=O)CC(C)C)c(=O)[nH]c1=O.O=C(O)C(F)(F)F. The van der Waals surface area contributed by atoms with Gasteiger partial charge in [-0.15, -0.1) is 0 Å². The van der Waals surface area contributed by atoms with Crippen molar-refractivity contribution in [3.05, 3.63) is 20.8 Å². The first-order valence-electron chi connectivity index (χ1n) is 8.68. The van der Waals surface area contributed by atoms with E-state index in [-0.39, 0.29) is 24.0 Å². The predicted octanol–water partition coefficient (Wildman–Crippen LogP) is 0.500. The highest BCUT2D eigenvalue weighted by Gasteiger charge is 2.38. The van der Waals surface area contributed by atoms with Gasteiger partial charge in [0.05, 0.1) is 6.54 Å². The molecule has 0 spiro atoms. The van der Waals surface area contributed by atoms with Gasteiger partial charge >= 0.3 is 17.8 Å². The molecule has 0 bridgehead atoms. The van der Waals surface area contributed by atoms with Gasteiger partial charge in [0.25, 0.3) is 5.56 Å². The number of hydrogen-bond donors (Lipinski definition) is 4. The van der Waals surface area contributed by atoms with Gasteiger partial charge in [-0.2, -0.15) is 13.2 Å². The van der Waals surface area contributed by atoms with Crippen LogP contribution in [0.1, 0.15) is 33.6 Å². The van der Waals surface area contributed by atoms with Gasteiger partial charge in [-0.05, 0) is 12.3 Å². The molecule has 0 unspecified atom stereocenters. The lowest BCUT2D eigenvalue weighted by Gasteiger charge is -2.26. The van der Waals surface area contributed by atoms with Gasteiger partial charge in [0, 0.05) is 13.1 Å². The third-order valence-electron chi connectivity index (χ3n) is 3.44. The Morgan fingerprint density at radius 3 is 2.17 bits per heavy atom. The van der Waals surface area contributed by atoms with E-state index in [0.29, 0.717) is 13.1 Å². The number of carboxylic acids is 1. The smallest absolute Gasteiger partial charge is 0.475 e. The normalized spacial score (nSPS) is 11.0. The summed E-state index contributed by atoms with van der Waals surface area (Å²) in [4.78, 5) is 48.0. The van der Waals surface area contributed by atoms with Gasteiger partial charge < -0.3 is 21.5 Å². The molecular weight excluding hydrogens is 399 g/mol. The first kappa shape index (κ1) is 26.0. The Morgan fingerprint density at radius 2 is 1.79 bits per heavy atom. The van der Waals surface area contributed by atoms with E-state index >= 15 is 0 Å². The lowest BCUT2D eigenvalue weighted by molar-refractivity contribution is -0.192. The van der Waals surface area contributed by atoms with Gasteiger partial charge in [-0.1, -0.05) is 27.2 Å². The zero-order valence-electron chi connectivity index (χ0n) is 16.4. The molecule has 0 fully saturated rings. The number of primary amides is 1. The Kier molecular flexibility index (Phi) is 9.97. The summed E-state index contributed by atoms with van der Waals surface area (Å²) in [5.41, 5.74) is 10.3. The number of unbranched alkanes of at least 4 members (excludes halogenated alkanes) is 1. The third kappa shape index (κ3) is 8.70. The number of halogens is 3. The number of nitrogen functional groups attached to an aromatic ring is 1. The van der Waals surface area contributed by atoms with E-state index in [0.717, 1.165) is 12.8 Å². The molecule has 10 nitrogen and oxygen atoms in total. The summed E-state index contributed by atoms with van der Waals surface area (Å²) in [6, 6.07) is 0. The molecule has 6 N–H and O–H groups in total. The number of H-pyrrole nitrogens is 1. The van der Waals surface area contributed by atoms with Crippen LogP contribution in [0.25, 0.3) is 0 Å². The summed E-state index contributed by atoms with van der Waals surface area (Å²) in [6.45, 7) is 6.61. The highest BCUT2D eigenvalue weighted by molar-refractivity contribution is 5.80. The zero-order valence-corrected chi connectivity index (χ0v) is 16.4. The summed E-state index contributed by atoms with van der Waals surface area (Å²) in [7, 11) is 0. The number of hydrogen-bond acceptors (Lipinski definition) is 6. The van der Waals surface area contributed by atoms with Crippen molar-refractivity contribution in [2.24, 2.45) is 11.7 Å². The average Bonchev–Trinajstić information content (AvgIpc) is 2.52. The molecule has 0 aliphatic carbocycles. The summed E-state index contributed by atoms with van der Waals surface area (Å²) >= 11 is 0. The summed E-state index contributed by atoms with van der Waals surface area (Å²) < 4.78 is 33.1. The first-order valence-corrected chi connectivity index (χ1v) is 8.68. The number of nitrogens with one attached hydrogen (secondary N) is 1. The molecule has 1 rings (SSSR count). The first-order chi connectivity index (χ1) is 13.2. The van der Waals surface area contributed by atoms with E-state index in [1.54, 1.807) is 0 Å². The number of amides is 1. The van der Waals surface area contributed by atoms with Crippen molar-refractivity contribution in [1.29, 1.82) is 0 Å². The highest BCUT2D eigenvalue weighted by atomic mass is 19.4. The van der Waals surface area contributed by atoms with Gasteiger partial charge in [0.15, 0.2) is 0 Å². The van der Waals surface area contributed by atoms with Crippen LogP contribution in [0.3, 0.4) is 0 Å². The van der Waals surface area contributed by atoms with E-state index < -0.39 is 29.3 Å². The van der Waals surface area contributed by atoms with Crippen LogP contribution in [-0.4, -0.2) is 45.8 Å². The summed E-state index contributed by atoms with van der Waals surface area (Å²) in [6.07, 6.45) is -3.44. The maximum Gasteiger partial charge on any atom is 0.490 e. The molecule has 1 aromatic heterocycles. The molecular formula is C16H26F3N5O5. The van der Waals surface area contributed by atoms with Crippen LogP contribution in [0, 0.1) is 5.92 Å². The fraction of sp³-hybridized carbons (Fsp3) is 0.625. The zero-order chi connectivity index (χ0) is 22.9. The molecule has 166 valence electrons. The number of carbonyl (C=O) groups is 2. The van der Waals surface area contributed by atoms with Crippen LogP contribution in [-0.2, 0) is 16.1 Å². The lowest BCUT2D eigenvalue weighted by Crippen LogP contribution is -2.43. The van der Waals surface area contributed by atoms with Crippen LogP contribution in [0.4, 0.5) is 24.7 Å². The van der Waals surface area contributed by atoms with Crippen molar-refractivity contribution in [3.8, 4) is 0 Å². The highest BCUT2D eigenvalue weighted by Crippen LogP contribution is 2.18. The van der Waals surface area contributed by atoms with Crippen molar-refractivity contribution >= 4 is 23.4 Å². The molecule has 0 saturated carbocycles. The molecule has 0 aromatic carbocycles. The second kappa shape index (κ2) is 11.1. The number of aromatic nitrogens is 2. The van der Waals surface area contributed by atoms with Gasteiger partial charge in [-0.25, -0.2) is 9.59 Å². The van der Waals surface area contributed by atoms with E-state index in [9.17, 15) is 27.6 Å². The van der Waals surface area contributed by atoms with Crippen molar-refractivity contribution in [1.82, 2.24) is 9.55 Å². The Bertz CT molecular complexity index is 817. The number of aliphatic carboxylic acids is 1. The molecule has 1 heterocycles. The molecule has 0 radical (unpaired) electrons. The van der Waals surface area contributed by atoms with E-state index in [1.807, 2.05) is 20.8 Å². The van der Waals surface area contributed by atoms with Gasteiger partial charge in [-0.3, -0.25) is 19.1 Å². The number of carboxylic acid groups (broad SMARTS) is 1. The minimum absolute atomic E-state index is 0.0732. The summed E-state index contributed by atoms with van der Waals surface area (Å²) in [5.74, 6) is -3.06. The molecule has 0 aliphatic heterocycles. The maximum absolute atomic E-state index is 12.1.